The van der Waals surface area contributed by atoms with E-state index >= 15 is 0 Å². The maximum atomic E-state index is 11.6. The van der Waals surface area contributed by atoms with Gasteiger partial charge in [-0.15, -0.1) is 0 Å². The Labute approximate surface area is 104 Å². The van der Waals surface area contributed by atoms with E-state index in [0.717, 1.165) is 5.41 Å². The summed E-state index contributed by atoms with van der Waals surface area (Å²) in [6.45, 7) is 0. The standard InChI is InChI=1S/C12H10O5S/c1-17-10-5-3-2-4-8(10)9-6-7-18(15,16)11(9)12(13)14/h2-7H,1H3,(H,13,14). The number of hydrogen-bond acceptors (Lipinski definition) is 4. The lowest BCUT2D eigenvalue weighted by Gasteiger charge is -2.08. The SMILES string of the molecule is COc1ccccc1C1=C(C(=O)O)S(=O)(=O)C=C1. The average Bonchev–Trinajstić information content (AvgIpc) is 2.64. The topological polar surface area (TPSA) is 80.7 Å². The van der Waals surface area contributed by atoms with Gasteiger partial charge in [0.25, 0.3) is 0 Å². The van der Waals surface area contributed by atoms with Crippen LogP contribution in [0.3, 0.4) is 0 Å². The normalized spacial score (nSPS) is 16.9. The first-order valence-corrected chi connectivity index (χ1v) is 6.56. The predicted molar refractivity (Wildman–Crippen MR) is 65.6 cm³/mol. The Morgan fingerprint density at radius 3 is 2.56 bits per heavy atom. The van der Waals surface area contributed by atoms with Gasteiger partial charge in [-0.1, -0.05) is 18.2 Å². The second-order valence-corrected chi connectivity index (χ2v) is 5.37. The van der Waals surface area contributed by atoms with Gasteiger partial charge >= 0.3 is 5.97 Å². The van der Waals surface area contributed by atoms with Crippen LogP contribution in [0.5, 0.6) is 5.75 Å². The molecule has 0 unspecified atom stereocenters. The molecule has 6 heteroatoms. The molecule has 0 bridgehead atoms. The van der Waals surface area contributed by atoms with Crippen molar-refractivity contribution in [2.24, 2.45) is 0 Å². The molecule has 0 spiro atoms. The van der Waals surface area contributed by atoms with Crippen LogP contribution in [-0.2, 0) is 14.6 Å². The third kappa shape index (κ3) is 1.91. The van der Waals surface area contributed by atoms with Gasteiger partial charge in [0.15, 0.2) is 4.91 Å². The van der Waals surface area contributed by atoms with Crippen LogP contribution in [0.2, 0.25) is 0 Å². The molecule has 0 saturated carbocycles. The first-order chi connectivity index (χ1) is 8.47. The lowest BCUT2D eigenvalue weighted by atomic mass is 10.0. The van der Waals surface area contributed by atoms with Crippen LogP contribution in [0.4, 0.5) is 0 Å². The van der Waals surface area contributed by atoms with Gasteiger partial charge in [0.1, 0.15) is 5.75 Å². The van der Waals surface area contributed by atoms with Gasteiger partial charge in [0.05, 0.1) is 7.11 Å². The Morgan fingerprint density at radius 1 is 1.28 bits per heavy atom. The number of aliphatic carboxylic acids is 1. The summed E-state index contributed by atoms with van der Waals surface area (Å²) in [6, 6.07) is 6.66. The summed E-state index contributed by atoms with van der Waals surface area (Å²) < 4.78 is 28.3. The minimum atomic E-state index is -3.86. The van der Waals surface area contributed by atoms with Crippen molar-refractivity contribution in [2.45, 2.75) is 0 Å². The molecule has 0 aromatic heterocycles. The van der Waals surface area contributed by atoms with Crippen LogP contribution in [0.25, 0.3) is 5.57 Å². The highest BCUT2D eigenvalue weighted by Crippen LogP contribution is 2.35. The molecule has 0 fully saturated rings. The van der Waals surface area contributed by atoms with Crippen LogP contribution >= 0.6 is 0 Å². The number of carboxylic acid groups (broad SMARTS) is 1. The number of rotatable bonds is 3. The fourth-order valence-electron chi connectivity index (χ4n) is 1.77. The molecular weight excluding hydrogens is 256 g/mol. The van der Waals surface area contributed by atoms with Gasteiger partial charge in [-0.05, 0) is 12.1 Å². The molecule has 94 valence electrons. The quantitative estimate of drug-likeness (QED) is 0.895. The van der Waals surface area contributed by atoms with E-state index in [0.29, 0.717) is 11.3 Å². The Hall–Kier alpha value is -2.08. The molecule has 0 atom stereocenters. The molecule has 5 nitrogen and oxygen atoms in total. The van der Waals surface area contributed by atoms with Crippen molar-refractivity contribution in [3.8, 4) is 5.75 Å². The molecule has 0 amide bonds. The zero-order valence-electron chi connectivity index (χ0n) is 9.45. The second-order valence-electron chi connectivity index (χ2n) is 3.60. The van der Waals surface area contributed by atoms with Crippen molar-refractivity contribution in [1.29, 1.82) is 0 Å². The molecular formula is C12H10O5S. The van der Waals surface area contributed by atoms with E-state index in [9.17, 15) is 13.2 Å². The summed E-state index contributed by atoms with van der Waals surface area (Å²) in [6.07, 6.45) is 1.27. The van der Waals surface area contributed by atoms with Gasteiger partial charge < -0.3 is 9.84 Å². The highest BCUT2D eigenvalue weighted by atomic mass is 32.2. The number of ether oxygens (including phenoxy) is 1. The number of allylic oxidation sites excluding steroid dienone is 2. The lowest BCUT2D eigenvalue weighted by molar-refractivity contribution is -0.131. The maximum Gasteiger partial charge on any atom is 0.348 e. The minimum Gasteiger partial charge on any atom is -0.496 e. The molecule has 1 heterocycles. The zero-order valence-corrected chi connectivity index (χ0v) is 10.3. The van der Waals surface area contributed by atoms with Crippen molar-refractivity contribution < 1.29 is 23.1 Å². The predicted octanol–water partition coefficient (Wildman–Crippen LogP) is 1.43. The van der Waals surface area contributed by atoms with Gasteiger partial charge in [-0.2, -0.15) is 0 Å². The Morgan fingerprint density at radius 2 is 1.94 bits per heavy atom. The van der Waals surface area contributed by atoms with Crippen LogP contribution in [0.1, 0.15) is 5.56 Å². The van der Waals surface area contributed by atoms with Crippen molar-refractivity contribution in [2.75, 3.05) is 7.11 Å². The largest absolute Gasteiger partial charge is 0.496 e. The summed E-state index contributed by atoms with van der Waals surface area (Å²) in [5, 5.41) is 9.91. The fraction of sp³-hybridized carbons (Fsp3) is 0.0833. The molecule has 1 aromatic rings. The molecule has 1 aliphatic heterocycles. The highest BCUT2D eigenvalue weighted by Gasteiger charge is 2.31. The van der Waals surface area contributed by atoms with E-state index in [1.165, 1.54) is 13.2 Å². The summed E-state index contributed by atoms with van der Waals surface area (Å²) in [7, 11) is -2.43. The third-order valence-electron chi connectivity index (χ3n) is 2.53. The summed E-state index contributed by atoms with van der Waals surface area (Å²) in [5.41, 5.74) is 0.578. The number of carbonyl (C=O) groups is 1. The van der Waals surface area contributed by atoms with Crippen molar-refractivity contribution in [3.05, 3.63) is 46.2 Å². The monoisotopic (exact) mass is 266 g/mol. The van der Waals surface area contributed by atoms with Crippen LogP contribution < -0.4 is 4.74 Å². The molecule has 0 radical (unpaired) electrons. The summed E-state index contributed by atoms with van der Waals surface area (Å²) >= 11 is 0. The van der Waals surface area contributed by atoms with Gasteiger partial charge in [0.2, 0.25) is 9.84 Å². The van der Waals surface area contributed by atoms with Gasteiger partial charge in [-0.25, -0.2) is 13.2 Å². The molecule has 0 aliphatic carbocycles. The van der Waals surface area contributed by atoms with Crippen LogP contribution in [0.15, 0.2) is 40.7 Å². The Bertz CT molecular complexity index is 667. The summed E-state index contributed by atoms with van der Waals surface area (Å²) in [4.78, 5) is 10.5. The van der Waals surface area contributed by atoms with E-state index in [1.54, 1.807) is 24.3 Å². The number of para-hydroxylation sites is 1. The highest BCUT2D eigenvalue weighted by molar-refractivity contribution is 7.99. The molecule has 1 aromatic carbocycles. The lowest BCUT2D eigenvalue weighted by Crippen LogP contribution is -2.09. The van der Waals surface area contributed by atoms with Gasteiger partial charge in [-0.3, -0.25) is 0 Å². The summed E-state index contributed by atoms with van der Waals surface area (Å²) in [5.74, 6) is -1.05. The van der Waals surface area contributed by atoms with Crippen molar-refractivity contribution in [1.82, 2.24) is 0 Å². The number of hydrogen-bond donors (Lipinski definition) is 1. The molecule has 1 N–H and O–H groups in total. The van der Waals surface area contributed by atoms with E-state index in [4.69, 9.17) is 9.84 Å². The van der Waals surface area contributed by atoms with E-state index in [1.807, 2.05) is 0 Å². The van der Waals surface area contributed by atoms with Crippen molar-refractivity contribution >= 4 is 21.4 Å². The van der Waals surface area contributed by atoms with E-state index < -0.39 is 20.7 Å². The fourth-order valence-corrected chi connectivity index (χ4v) is 2.95. The first kappa shape index (κ1) is 12.4. The van der Waals surface area contributed by atoms with Crippen LogP contribution in [-0.4, -0.2) is 26.6 Å². The zero-order chi connectivity index (χ0) is 13.3. The van der Waals surface area contributed by atoms with E-state index in [2.05, 4.69) is 0 Å². The number of benzene rings is 1. The average molecular weight is 266 g/mol. The Kier molecular flexibility index (Phi) is 2.96. The molecule has 2 rings (SSSR count). The number of methoxy groups -OCH3 is 1. The molecule has 0 saturated heterocycles. The van der Waals surface area contributed by atoms with E-state index in [-0.39, 0.29) is 5.57 Å². The smallest absolute Gasteiger partial charge is 0.348 e. The van der Waals surface area contributed by atoms with Crippen LogP contribution in [0, 0.1) is 0 Å². The molecule has 18 heavy (non-hydrogen) atoms. The second kappa shape index (κ2) is 4.30. The first-order valence-electron chi connectivity index (χ1n) is 5.01. The maximum absolute atomic E-state index is 11.6. The number of sulfone groups is 1. The molecule has 1 aliphatic rings. The third-order valence-corrected chi connectivity index (χ3v) is 3.99. The minimum absolute atomic E-state index is 0.139. The number of carboxylic acids is 1. The van der Waals surface area contributed by atoms with Crippen molar-refractivity contribution in [3.63, 3.8) is 0 Å². The Balaban J connectivity index is 2.73. The van der Waals surface area contributed by atoms with Gasteiger partial charge in [0, 0.05) is 16.5 Å².